The van der Waals surface area contributed by atoms with Gasteiger partial charge in [-0.05, 0) is 36.2 Å². The molecule has 0 aliphatic rings. The predicted octanol–water partition coefficient (Wildman–Crippen LogP) is 4.55. The van der Waals surface area contributed by atoms with Crippen LogP contribution < -0.4 is 10.6 Å². The van der Waals surface area contributed by atoms with E-state index in [4.69, 9.17) is 0 Å². The number of benzene rings is 2. The van der Waals surface area contributed by atoms with Crippen LogP contribution in [-0.4, -0.2) is 17.6 Å². The van der Waals surface area contributed by atoms with Crippen LogP contribution in [0.5, 0.6) is 0 Å². The Bertz CT molecular complexity index is 872. The summed E-state index contributed by atoms with van der Waals surface area (Å²) in [6.07, 6.45) is -3.73. The molecule has 3 rings (SSSR count). The average Bonchev–Trinajstić information content (AvgIpc) is 2.99. The first kappa shape index (κ1) is 16.9. The van der Waals surface area contributed by atoms with Gasteiger partial charge < -0.3 is 15.6 Å². The summed E-state index contributed by atoms with van der Waals surface area (Å²) in [4.78, 5) is 14.2. The lowest BCUT2D eigenvalue weighted by molar-refractivity contribution is -0.140. The first-order valence-electron chi connectivity index (χ1n) is 7.70. The number of rotatable bonds is 4. The molecule has 2 aromatic carbocycles. The number of halogens is 3. The fourth-order valence-electron chi connectivity index (χ4n) is 2.50. The number of H-pyrrole nitrogens is 1. The molecular formula is C18H16F3N3O. The highest BCUT2D eigenvalue weighted by molar-refractivity contribution is 5.93. The molecule has 1 heterocycles. The van der Waals surface area contributed by atoms with Crippen molar-refractivity contribution < 1.29 is 18.0 Å². The van der Waals surface area contributed by atoms with Gasteiger partial charge in [-0.15, -0.1) is 0 Å². The Morgan fingerprint density at radius 3 is 2.52 bits per heavy atom. The molecule has 1 aromatic heterocycles. The highest BCUT2D eigenvalue weighted by Crippen LogP contribution is 2.31. The molecule has 0 unspecified atom stereocenters. The van der Waals surface area contributed by atoms with Crippen molar-refractivity contribution in [3.8, 4) is 0 Å². The number of urea groups is 1. The standard InChI is InChI=1S/C18H16F3N3O/c19-18(20,21)16-11-13-10-14(6-7-15(13)24-16)23-17(25)22-9-8-12-4-2-1-3-5-12/h1-7,10-11,24H,8-9H2,(H2,22,23,25). The lowest BCUT2D eigenvalue weighted by Gasteiger charge is -2.08. The average molecular weight is 347 g/mol. The molecule has 3 aromatic rings. The van der Waals surface area contributed by atoms with Crippen molar-refractivity contribution in [1.82, 2.24) is 10.3 Å². The van der Waals surface area contributed by atoms with Gasteiger partial charge in [-0.25, -0.2) is 4.79 Å². The number of aromatic nitrogens is 1. The molecule has 0 atom stereocenters. The number of fused-ring (bicyclic) bond motifs is 1. The first-order chi connectivity index (χ1) is 11.9. The van der Waals surface area contributed by atoms with E-state index in [1.807, 2.05) is 30.3 Å². The number of hydrogen-bond donors (Lipinski definition) is 3. The van der Waals surface area contributed by atoms with E-state index in [2.05, 4.69) is 15.6 Å². The molecule has 4 nitrogen and oxygen atoms in total. The van der Waals surface area contributed by atoms with E-state index in [9.17, 15) is 18.0 Å². The highest BCUT2D eigenvalue weighted by atomic mass is 19.4. The molecule has 7 heteroatoms. The maximum atomic E-state index is 12.7. The summed E-state index contributed by atoms with van der Waals surface area (Å²) < 4.78 is 38.1. The second-order valence-corrected chi connectivity index (χ2v) is 5.60. The number of carbonyl (C=O) groups excluding carboxylic acids is 1. The number of aromatic amines is 1. The molecule has 25 heavy (non-hydrogen) atoms. The van der Waals surface area contributed by atoms with E-state index in [0.29, 0.717) is 29.6 Å². The molecule has 3 N–H and O–H groups in total. The molecule has 0 aliphatic heterocycles. The number of amides is 2. The molecule has 0 radical (unpaired) electrons. The molecule has 0 spiro atoms. The van der Waals surface area contributed by atoms with E-state index in [0.717, 1.165) is 11.6 Å². The minimum Gasteiger partial charge on any atom is -0.351 e. The van der Waals surface area contributed by atoms with Crippen molar-refractivity contribution in [3.05, 3.63) is 65.9 Å². The lowest BCUT2D eigenvalue weighted by atomic mass is 10.1. The van der Waals surface area contributed by atoms with Gasteiger partial charge in [-0.1, -0.05) is 30.3 Å². The molecule has 0 aliphatic carbocycles. The minimum atomic E-state index is -4.43. The summed E-state index contributed by atoms with van der Waals surface area (Å²) in [6, 6.07) is 14.9. The number of carbonyl (C=O) groups is 1. The van der Waals surface area contributed by atoms with Crippen LogP contribution in [-0.2, 0) is 12.6 Å². The fraction of sp³-hybridized carbons (Fsp3) is 0.167. The summed E-state index contributed by atoms with van der Waals surface area (Å²) in [5, 5.41) is 5.73. The van der Waals surface area contributed by atoms with Crippen LogP contribution in [0.1, 0.15) is 11.3 Å². The normalized spacial score (nSPS) is 11.5. The molecular weight excluding hydrogens is 331 g/mol. The van der Waals surface area contributed by atoms with E-state index >= 15 is 0 Å². The van der Waals surface area contributed by atoms with Crippen LogP contribution in [0.25, 0.3) is 10.9 Å². The third-order valence-electron chi connectivity index (χ3n) is 3.73. The maximum absolute atomic E-state index is 12.7. The predicted molar refractivity (Wildman–Crippen MR) is 90.5 cm³/mol. The van der Waals surface area contributed by atoms with Crippen LogP contribution in [0.15, 0.2) is 54.6 Å². The Kier molecular flexibility index (Phi) is 4.65. The van der Waals surface area contributed by atoms with E-state index in [1.165, 1.54) is 12.1 Å². The monoisotopic (exact) mass is 347 g/mol. The quantitative estimate of drug-likeness (QED) is 0.637. The topological polar surface area (TPSA) is 56.9 Å². The van der Waals surface area contributed by atoms with E-state index in [-0.39, 0.29) is 0 Å². The third kappa shape index (κ3) is 4.32. The molecule has 0 fully saturated rings. The van der Waals surface area contributed by atoms with Crippen molar-refractivity contribution in [2.75, 3.05) is 11.9 Å². The van der Waals surface area contributed by atoms with Crippen molar-refractivity contribution in [2.24, 2.45) is 0 Å². The molecule has 2 amide bonds. The van der Waals surface area contributed by atoms with Gasteiger partial charge >= 0.3 is 12.2 Å². The van der Waals surface area contributed by atoms with Crippen LogP contribution in [0, 0.1) is 0 Å². The largest absolute Gasteiger partial charge is 0.431 e. The summed E-state index contributed by atoms with van der Waals surface area (Å²) in [6.45, 7) is 0.459. The van der Waals surface area contributed by atoms with Crippen LogP contribution >= 0.6 is 0 Å². The van der Waals surface area contributed by atoms with Gasteiger partial charge in [-0.3, -0.25) is 0 Å². The van der Waals surface area contributed by atoms with Gasteiger partial charge in [0.05, 0.1) is 0 Å². The van der Waals surface area contributed by atoms with Crippen LogP contribution in [0.2, 0.25) is 0 Å². The van der Waals surface area contributed by atoms with Crippen molar-refractivity contribution in [2.45, 2.75) is 12.6 Å². The lowest BCUT2D eigenvalue weighted by Crippen LogP contribution is -2.30. The van der Waals surface area contributed by atoms with Crippen molar-refractivity contribution in [1.29, 1.82) is 0 Å². The zero-order valence-corrected chi connectivity index (χ0v) is 13.2. The van der Waals surface area contributed by atoms with E-state index < -0.39 is 17.9 Å². The molecule has 130 valence electrons. The summed E-state index contributed by atoms with van der Waals surface area (Å²) in [7, 11) is 0. The van der Waals surface area contributed by atoms with E-state index in [1.54, 1.807) is 6.07 Å². The number of alkyl halides is 3. The Morgan fingerprint density at radius 2 is 1.80 bits per heavy atom. The summed E-state index contributed by atoms with van der Waals surface area (Å²) in [5.41, 5.74) is 1.09. The Balaban J connectivity index is 1.59. The van der Waals surface area contributed by atoms with Gasteiger partial charge in [0.2, 0.25) is 0 Å². The number of anilines is 1. The summed E-state index contributed by atoms with van der Waals surface area (Å²) >= 11 is 0. The number of nitrogens with one attached hydrogen (secondary N) is 3. The third-order valence-corrected chi connectivity index (χ3v) is 3.73. The van der Waals surface area contributed by atoms with Crippen LogP contribution in [0.3, 0.4) is 0 Å². The molecule has 0 saturated heterocycles. The second-order valence-electron chi connectivity index (χ2n) is 5.60. The van der Waals surface area contributed by atoms with Crippen molar-refractivity contribution >= 4 is 22.6 Å². The van der Waals surface area contributed by atoms with Gasteiger partial charge in [0.25, 0.3) is 0 Å². The Hall–Kier alpha value is -2.96. The van der Waals surface area contributed by atoms with Gasteiger partial charge in [0.1, 0.15) is 5.69 Å². The fourth-order valence-corrected chi connectivity index (χ4v) is 2.50. The first-order valence-corrected chi connectivity index (χ1v) is 7.70. The van der Waals surface area contributed by atoms with Gasteiger partial charge in [-0.2, -0.15) is 13.2 Å². The van der Waals surface area contributed by atoms with Crippen LogP contribution in [0.4, 0.5) is 23.7 Å². The van der Waals surface area contributed by atoms with Gasteiger partial charge in [0, 0.05) is 23.1 Å². The number of hydrogen-bond acceptors (Lipinski definition) is 1. The molecule has 0 bridgehead atoms. The SMILES string of the molecule is O=C(NCCc1ccccc1)Nc1ccc2[nH]c(C(F)(F)F)cc2c1. The summed E-state index contributed by atoms with van der Waals surface area (Å²) in [5.74, 6) is 0. The van der Waals surface area contributed by atoms with Crippen molar-refractivity contribution in [3.63, 3.8) is 0 Å². The maximum Gasteiger partial charge on any atom is 0.431 e. The zero-order chi connectivity index (χ0) is 17.9. The smallest absolute Gasteiger partial charge is 0.351 e. The Morgan fingerprint density at radius 1 is 1.04 bits per heavy atom. The Labute approximate surface area is 142 Å². The minimum absolute atomic E-state index is 0.363. The van der Waals surface area contributed by atoms with Gasteiger partial charge in [0.15, 0.2) is 0 Å². The highest BCUT2D eigenvalue weighted by Gasteiger charge is 2.32. The zero-order valence-electron chi connectivity index (χ0n) is 13.2. The second kappa shape index (κ2) is 6.88. The molecule has 0 saturated carbocycles.